The van der Waals surface area contributed by atoms with Crippen molar-refractivity contribution in [2.45, 2.75) is 23.1 Å². The predicted octanol–water partition coefficient (Wildman–Crippen LogP) is 5.76. The number of alkyl halides is 3. The topological polar surface area (TPSA) is 9.23 Å². The normalized spacial score (nSPS) is 13.0. The molecule has 1 nitrogen and oxygen atoms in total. The number of halogens is 3. The number of hydrogen-bond acceptors (Lipinski definition) is 1. The van der Waals surface area contributed by atoms with Gasteiger partial charge in [0.1, 0.15) is 5.75 Å². The van der Waals surface area contributed by atoms with E-state index >= 15 is 0 Å². The van der Waals surface area contributed by atoms with Crippen LogP contribution in [0.3, 0.4) is 0 Å². The van der Waals surface area contributed by atoms with E-state index in [0.29, 0.717) is 0 Å². The quantitative estimate of drug-likeness (QED) is 0.641. The van der Waals surface area contributed by atoms with Crippen LogP contribution in [0.15, 0.2) is 48.5 Å². The molecule has 0 aliphatic heterocycles. The highest BCUT2D eigenvalue weighted by atomic mass is 35.6. The third kappa shape index (κ3) is 3.85. The van der Waals surface area contributed by atoms with Gasteiger partial charge in [0.05, 0.1) is 13.0 Å². The van der Waals surface area contributed by atoms with Gasteiger partial charge in [0.2, 0.25) is 3.79 Å². The van der Waals surface area contributed by atoms with Crippen molar-refractivity contribution in [1.82, 2.24) is 0 Å². The molecule has 2 aromatic rings. The lowest BCUT2D eigenvalue weighted by atomic mass is 9.88. The van der Waals surface area contributed by atoms with E-state index in [0.717, 1.165) is 23.3 Å². The fourth-order valence-electron chi connectivity index (χ4n) is 2.48. The first kappa shape index (κ1) is 16.5. The van der Waals surface area contributed by atoms with Gasteiger partial charge in [0.15, 0.2) is 0 Å². The Kier molecular flexibility index (Phi) is 5.43. The van der Waals surface area contributed by atoms with Gasteiger partial charge < -0.3 is 4.74 Å². The van der Waals surface area contributed by atoms with Gasteiger partial charge in [0, 0.05) is 0 Å². The average molecular weight is 344 g/mol. The molecule has 0 aromatic heterocycles. The monoisotopic (exact) mass is 342 g/mol. The molecule has 4 heteroatoms. The Bertz CT molecular complexity index is 588. The van der Waals surface area contributed by atoms with Crippen LogP contribution in [-0.4, -0.2) is 10.9 Å². The number of ether oxygens (including phenoxy) is 1. The molecule has 0 aliphatic carbocycles. The highest BCUT2D eigenvalue weighted by Gasteiger charge is 2.36. The lowest BCUT2D eigenvalue weighted by Crippen LogP contribution is -2.20. The molecule has 1 atom stereocenters. The molecule has 0 bridgehead atoms. The first-order valence-corrected chi connectivity index (χ1v) is 7.89. The van der Waals surface area contributed by atoms with E-state index < -0.39 is 3.79 Å². The third-order valence-corrected chi connectivity index (χ3v) is 4.18. The Hall–Kier alpha value is -0.890. The van der Waals surface area contributed by atoms with Gasteiger partial charge in [-0.05, 0) is 35.2 Å². The summed E-state index contributed by atoms with van der Waals surface area (Å²) in [5.74, 6) is 0.468. The molecule has 0 heterocycles. The second-order valence-corrected chi connectivity index (χ2v) is 7.17. The Morgan fingerprint density at radius 2 is 1.62 bits per heavy atom. The fourth-order valence-corrected chi connectivity index (χ4v) is 3.21. The van der Waals surface area contributed by atoms with Crippen LogP contribution in [0, 0.1) is 0 Å². The molecule has 21 heavy (non-hydrogen) atoms. The van der Waals surface area contributed by atoms with Crippen LogP contribution in [0.4, 0.5) is 0 Å². The van der Waals surface area contributed by atoms with E-state index in [-0.39, 0.29) is 5.92 Å². The summed E-state index contributed by atoms with van der Waals surface area (Å²) >= 11 is 18.8. The maximum atomic E-state index is 6.27. The highest BCUT2D eigenvalue weighted by Crippen LogP contribution is 2.46. The summed E-state index contributed by atoms with van der Waals surface area (Å²) in [6, 6.07) is 15.7. The van der Waals surface area contributed by atoms with Gasteiger partial charge in [0.25, 0.3) is 0 Å². The Morgan fingerprint density at radius 3 is 2.14 bits per heavy atom. The van der Waals surface area contributed by atoms with E-state index in [2.05, 4.69) is 13.0 Å². The number of rotatable bonds is 4. The fraction of sp³-hybridized carbons (Fsp3) is 0.294. The largest absolute Gasteiger partial charge is 0.497 e. The van der Waals surface area contributed by atoms with Crippen LogP contribution in [0.2, 0.25) is 0 Å². The summed E-state index contributed by atoms with van der Waals surface area (Å²) < 4.78 is 3.77. The first-order chi connectivity index (χ1) is 9.97. The van der Waals surface area contributed by atoms with Gasteiger partial charge in [-0.1, -0.05) is 78.1 Å². The molecule has 0 saturated heterocycles. The molecule has 0 amide bonds. The smallest absolute Gasteiger partial charge is 0.201 e. The second kappa shape index (κ2) is 6.91. The minimum absolute atomic E-state index is 0.315. The zero-order valence-corrected chi connectivity index (χ0v) is 14.2. The maximum Gasteiger partial charge on any atom is 0.201 e. The van der Waals surface area contributed by atoms with Gasteiger partial charge in [-0.25, -0.2) is 0 Å². The van der Waals surface area contributed by atoms with Crippen LogP contribution in [0.5, 0.6) is 5.75 Å². The number of aryl methyl sites for hydroxylation is 1. The minimum atomic E-state index is -1.42. The number of methoxy groups -OCH3 is 1. The number of benzene rings is 2. The van der Waals surface area contributed by atoms with E-state index in [1.807, 2.05) is 42.5 Å². The van der Waals surface area contributed by atoms with Gasteiger partial charge in [-0.3, -0.25) is 0 Å². The molecule has 0 N–H and O–H groups in total. The lowest BCUT2D eigenvalue weighted by Gasteiger charge is -2.27. The zero-order valence-electron chi connectivity index (χ0n) is 11.9. The van der Waals surface area contributed by atoms with Gasteiger partial charge in [-0.15, -0.1) is 0 Å². The van der Waals surface area contributed by atoms with Crippen LogP contribution in [-0.2, 0) is 6.42 Å². The molecule has 0 saturated carbocycles. The van der Waals surface area contributed by atoms with Crippen molar-refractivity contribution in [2.24, 2.45) is 0 Å². The van der Waals surface area contributed by atoms with Crippen molar-refractivity contribution in [2.75, 3.05) is 7.11 Å². The van der Waals surface area contributed by atoms with E-state index in [9.17, 15) is 0 Å². The third-order valence-electron chi connectivity index (χ3n) is 3.52. The van der Waals surface area contributed by atoms with Crippen molar-refractivity contribution < 1.29 is 4.74 Å². The summed E-state index contributed by atoms with van der Waals surface area (Å²) in [6.45, 7) is 2.10. The second-order valence-electron chi connectivity index (χ2n) is 4.80. The summed E-state index contributed by atoms with van der Waals surface area (Å²) in [5.41, 5.74) is 3.19. The summed E-state index contributed by atoms with van der Waals surface area (Å²) in [4.78, 5) is 0. The average Bonchev–Trinajstić information content (AvgIpc) is 2.47. The highest BCUT2D eigenvalue weighted by molar-refractivity contribution is 6.68. The van der Waals surface area contributed by atoms with Crippen LogP contribution >= 0.6 is 34.8 Å². The summed E-state index contributed by atoms with van der Waals surface area (Å²) in [6.07, 6.45) is 0.892. The molecule has 2 rings (SSSR count). The molecule has 0 spiro atoms. The molecule has 0 fully saturated rings. The zero-order chi connectivity index (χ0) is 15.5. The van der Waals surface area contributed by atoms with Gasteiger partial charge in [-0.2, -0.15) is 0 Å². The molecule has 0 aliphatic rings. The van der Waals surface area contributed by atoms with Crippen LogP contribution in [0.25, 0.3) is 0 Å². The molecule has 0 unspecified atom stereocenters. The van der Waals surface area contributed by atoms with Crippen molar-refractivity contribution in [3.05, 3.63) is 65.2 Å². The lowest BCUT2D eigenvalue weighted by molar-refractivity contribution is 0.414. The Labute approximate surface area is 140 Å². The van der Waals surface area contributed by atoms with E-state index in [1.165, 1.54) is 5.56 Å². The SMILES string of the molecule is CCc1ccccc1[C@H](c1ccc(OC)cc1)C(Cl)(Cl)Cl. The predicted molar refractivity (Wildman–Crippen MR) is 90.9 cm³/mol. The van der Waals surface area contributed by atoms with Crippen molar-refractivity contribution in [1.29, 1.82) is 0 Å². The number of hydrogen-bond donors (Lipinski definition) is 0. The molecule has 0 radical (unpaired) electrons. The summed E-state index contributed by atoms with van der Waals surface area (Å²) in [7, 11) is 1.63. The first-order valence-electron chi connectivity index (χ1n) is 6.75. The molecule has 2 aromatic carbocycles. The Balaban J connectivity index is 2.53. The minimum Gasteiger partial charge on any atom is -0.497 e. The molecular formula is C17H17Cl3O. The summed E-state index contributed by atoms with van der Waals surface area (Å²) in [5, 5.41) is 0. The molecule has 112 valence electrons. The van der Waals surface area contributed by atoms with E-state index in [4.69, 9.17) is 39.5 Å². The van der Waals surface area contributed by atoms with Crippen LogP contribution < -0.4 is 4.74 Å². The van der Waals surface area contributed by atoms with Crippen molar-refractivity contribution in [3.63, 3.8) is 0 Å². The van der Waals surface area contributed by atoms with Crippen LogP contribution in [0.1, 0.15) is 29.5 Å². The van der Waals surface area contributed by atoms with E-state index in [1.54, 1.807) is 7.11 Å². The van der Waals surface area contributed by atoms with Crippen molar-refractivity contribution in [3.8, 4) is 5.75 Å². The van der Waals surface area contributed by atoms with Gasteiger partial charge >= 0.3 is 0 Å². The Morgan fingerprint density at radius 1 is 1.00 bits per heavy atom. The van der Waals surface area contributed by atoms with Crippen molar-refractivity contribution >= 4 is 34.8 Å². The maximum absolute atomic E-state index is 6.27. The molecular weight excluding hydrogens is 327 g/mol. The standard InChI is InChI=1S/C17H17Cl3O/c1-3-12-6-4-5-7-15(12)16(17(18,19)20)13-8-10-14(21-2)11-9-13/h4-11,16H,3H2,1-2H3/t16-/m0/s1.